The van der Waals surface area contributed by atoms with Gasteiger partial charge in [-0.25, -0.2) is 4.39 Å². The summed E-state index contributed by atoms with van der Waals surface area (Å²) in [5.74, 6) is 0.267. The number of hydrogen-bond donors (Lipinski definition) is 0. The molecule has 0 aliphatic heterocycles. The van der Waals surface area contributed by atoms with Crippen molar-refractivity contribution in [3.05, 3.63) is 59.2 Å². The highest BCUT2D eigenvalue weighted by Crippen LogP contribution is 2.32. The Morgan fingerprint density at radius 1 is 1.37 bits per heavy atom. The van der Waals surface area contributed by atoms with Gasteiger partial charge in [0.2, 0.25) is 0 Å². The van der Waals surface area contributed by atoms with E-state index in [2.05, 4.69) is 0 Å². The lowest BCUT2D eigenvalue weighted by molar-refractivity contribution is 0.0967. The van der Waals surface area contributed by atoms with E-state index in [-0.39, 0.29) is 17.5 Å². The van der Waals surface area contributed by atoms with Crippen molar-refractivity contribution in [3.8, 4) is 0 Å². The van der Waals surface area contributed by atoms with Crippen molar-refractivity contribution in [2.24, 2.45) is 5.92 Å². The summed E-state index contributed by atoms with van der Waals surface area (Å²) < 4.78 is 15.2. The molecule has 1 fully saturated rings. The normalized spacial score (nSPS) is 14.6. The fraction of sp³-hybridized carbons (Fsp3) is 0.312. The number of nitrogens with zero attached hydrogens (tertiary/aromatic N) is 1. The third-order valence-corrected chi connectivity index (χ3v) is 3.65. The molecule has 2 nitrogen and oxygen atoms in total. The van der Waals surface area contributed by atoms with Crippen molar-refractivity contribution < 1.29 is 9.18 Å². The van der Waals surface area contributed by atoms with Crippen LogP contribution in [0.5, 0.6) is 0 Å². The first-order valence-corrected chi connectivity index (χ1v) is 6.58. The zero-order valence-corrected chi connectivity index (χ0v) is 10.9. The molecule has 0 unspecified atom stereocenters. The maximum atomic E-state index is 13.2. The topological polar surface area (TPSA) is 22.0 Å². The Morgan fingerprint density at radius 3 is 2.89 bits per heavy atom. The minimum atomic E-state index is -0.220. The summed E-state index contributed by atoms with van der Waals surface area (Å²) in [6.07, 6.45) is 5.80. The number of Topliss-reactive ketones (excluding diaryl/α,β-unsaturated/α-hetero) is 1. The molecular formula is C16H16FNO. The van der Waals surface area contributed by atoms with Crippen LogP contribution in [0.15, 0.2) is 36.7 Å². The summed E-state index contributed by atoms with van der Waals surface area (Å²) >= 11 is 0. The van der Waals surface area contributed by atoms with Crippen molar-refractivity contribution >= 4 is 5.78 Å². The SMILES string of the molecule is Cc1ccc(F)cc1Cn1ccc(C(=O)C2CC2)c1. The highest BCUT2D eigenvalue weighted by Gasteiger charge is 2.30. The predicted molar refractivity (Wildman–Crippen MR) is 71.7 cm³/mol. The van der Waals surface area contributed by atoms with E-state index in [1.807, 2.05) is 30.0 Å². The van der Waals surface area contributed by atoms with Gasteiger partial charge in [-0.1, -0.05) is 6.07 Å². The third kappa shape index (κ3) is 2.60. The van der Waals surface area contributed by atoms with Crippen LogP contribution in [-0.2, 0) is 6.54 Å². The maximum absolute atomic E-state index is 13.2. The van der Waals surface area contributed by atoms with Gasteiger partial charge in [0.05, 0.1) is 0 Å². The number of halogens is 1. The van der Waals surface area contributed by atoms with Crippen molar-refractivity contribution in [1.29, 1.82) is 0 Å². The van der Waals surface area contributed by atoms with Crippen LogP contribution < -0.4 is 0 Å². The summed E-state index contributed by atoms with van der Waals surface area (Å²) in [7, 11) is 0. The molecule has 0 spiro atoms. The maximum Gasteiger partial charge on any atom is 0.167 e. The van der Waals surface area contributed by atoms with Gasteiger partial charge in [0, 0.05) is 30.4 Å². The number of ketones is 1. The number of rotatable bonds is 4. The monoisotopic (exact) mass is 257 g/mol. The molecule has 19 heavy (non-hydrogen) atoms. The molecule has 98 valence electrons. The van der Waals surface area contributed by atoms with Crippen molar-refractivity contribution in [2.45, 2.75) is 26.3 Å². The summed E-state index contributed by atoms with van der Waals surface area (Å²) in [6.45, 7) is 2.57. The standard InChI is InChI=1S/C16H16FNO/c1-11-2-5-15(17)8-14(11)10-18-7-6-13(9-18)16(19)12-3-4-12/h2,5-9,12H,3-4,10H2,1H3. The van der Waals surface area contributed by atoms with Gasteiger partial charge in [0.1, 0.15) is 5.82 Å². The van der Waals surface area contributed by atoms with Gasteiger partial charge in [0.25, 0.3) is 0 Å². The van der Waals surface area contributed by atoms with Gasteiger partial charge in [0.15, 0.2) is 5.78 Å². The predicted octanol–water partition coefficient (Wildman–Crippen LogP) is 3.58. The van der Waals surface area contributed by atoms with Crippen molar-refractivity contribution in [3.63, 3.8) is 0 Å². The van der Waals surface area contributed by atoms with E-state index in [0.717, 1.165) is 29.5 Å². The minimum Gasteiger partial charge on any atom is -0.349 e. The average Bonchev–Trinajstić information content (AvgIpc) is 3.13. The van der Waals surface area contributed by atoms with Crippen LogP contribution in [-0.4, -0.2) is 10.4 Å². The number of hydrogen-bond acceptors (Lipinski definition) is 1. The first kappa shape index (κ1) is 12.2. The summed E-state index contributed by atoms with van der Waals surface area (Å²) in [5.41, 5.74) is 2.78. The molecule has 0 N–H and O–H groups in total. The molecule has 1 aliphatic rings. The molecule has 3 rings (SSSR count). The smallest absolute Gasteiger partial charge is 0.167 e. The van der Waals surface area contributed by atoms with Crippen LogP contribution >= 0.6 is 0 Å². The molecule has 0 atom stereocenters. The van der Waals surface area contributed by atoms with Gasteiger partial charge in [-0.05, 0) is 49.1 Å². The zero-order chi connectivity index (χ0) is 13.4. The lowest BCUT2D eigenvalue weighted by atomic mass is 10.1. The second kappa shape index (κ2) is 4.65. The molecule has 1 aromatic heterocycles. The lowest BCUT2D eigenvalue weighted by Crippen LogP contribution is -2.02. The Kier molecular flexibility index (Phi) is 2.97. The molecule has 1 saturated carbocycles. The molecule has 1 aromatic carbocycles. The Hall–Kier alpha value is -1.90. The largest absolute Gasteiger partial charge is 0.349 e. The van der Waals surface area contributed by atoms with Gasteiger partial charge >= 0.3 is 0 Å². The van der Waals surface area contributed by atoms with Crippen LogP contribution in [0.2, 0.25) is 0 Å². The van der Waals surface area contributed by atoms with Gasteiger partial charge < -0.3 is 4.57 Å². The van der Waals surface area contributed by atoms with Gasteiger partial charge in [-0.3, -0.25) is 4.79 Å². The van der Waals surface area contributed by atoms with E-state index in [0.29, 0.717) is 6.54 Å². The second-order valence-electron chi connectivity index (χ2n) is 5.28. The molecule has 0 saturated heterocycles. The Morgan fingerprint density at radius 2 is 2.16 bits per heavy atom. The number of aryl methyl sites for hydroxylation is 1. The Labute approximate surface area is 111 Å². The molecule has 3 heteroatoms. The van der Waals surface area contributed by atoms with Crippen LogP contribution in [0.1, 0.15) is 34.3 Å². The highest BCUT2D eigenvalue weighted by atomic mass is 19.1. The first-order valence-electron chi connectivity index (χ1n) is 6.58. The molecular weight excluding hydrogens is 241 g/mol. The molecule has 0 bridgehead atoms. The summed E-state index contributed by atoms with van der Waals surface area (Å²) in [5, 5.41) is 0. The van der Waals surface area contributed by atoms with Crippen LogP contribution in [0.25, 0.3) is 0 Å². The van der Waals surface area contributed by atoms with E-state index < -0.39 is 0 Å². The van der Waals surface area contributed by atoms with E-state index in [1.165, 1.54) is 6.07 Å². The molecule has 1 heterocycles. The first-order chi connectivity index (χ1) is 9.13. The van der Waals surface area contributed by atoms with E-state index in [4.69, 9.17) is 0 Å². The van der Waals surface area contributed by atoms with E-state index >= 15 is 0 Å². The van der Waals surface area contributed by atoms with Crippen LogP contribution in [0, 0.1) is 18.7 Å². The van der Waals surface area contributed by atoms with E-state index in [1.54, 1.807) is 12.1 Å². The Balaban J connectivity index is 1.79. The number of carbonyl (C=O) groups is 1. The average molecular weight is 257 g/mol. The lowest BCUT2D eigenvalue weighted by Gasteiger charge is -2.07. The number of benzene rings is 1. The molecule has 2 aromatic rings. The minimum absolute atomic E-state index is 0.220. The zero-order valence-electron chi connectivity index (χ0n) is 10.9. The number of aromatic nitrogens is 1. The molecule has 0 amide bonds. The molecule has 1 aliphatic carbocycles. The van der Waals surface area contributed by atoms with Crippen molar-refractivity contribution in [1.82, 2.24) is 4.57 Å². The summed E-state index contributed by atoms with van der Waals surface area (Å²) in [4.78, 5) is 11.9. The van der Waals surface area contributed by atoms with Crippen LogP contribution in [0.3, 0.4) is 0 Å². The molecule has 0 radical (unpaired) electrons. The fourth-order valence-electron chi connectivity index (χ4n) is 2.27. The van der Waals surface area contributed by atoms with Crippen LogP contribution in [0.4, 0.5) is 4.39 Å². The van der Waals surface area contributed by atoms with Gasteiger partial charge in [-0.2, -0.15) is 0 Å². The van der Waals surface area contributed by atoms with E-state index in [9.17, 15) is 9.18 Å². The van der Waals surface area contributed by atoms with Gasteiger partial charge in [-0.15, -0.1) is 0 Å². The highest BCUT2D eigenvalue weighted by molar-refractivity contribution is 5.99. The summed E-state index contributed by atoms with van der Waals surface area (Å²) in [6, 6.07) is 6.66. The second-order valence-corrected chi connectivity index (χ2v) is 5.28. The number of carbonyl (C=O) groups excluding carboxylic acids is 1. The third-order valence-electron chi connectivity index (χ3n) is 3.65. The fourth-order valence-corrected chi connectivity index (χ4v) is 2.27. The van der Waals surface area contributed by atoms with Crippen molar-refractivity contribution in [2.75, 3.05) is 0 Å². The quantitative estimate of drug-likeness (QED) is 0.767. The Bertz CT molecular complexity index is 625.